The van der Waals surface area contributed by atoms with E-state index in [0.29, 0.717) is 6.61 Å². The van der Waals surface area contributed by atoms with Gasteiger partial charge in [0.2, 0.25) is 0 Å². The van der Waals surface area contributed by atoms with Crippen LogP contribution in [-0.4, -0.2) is 64.3 Å². The Labute approximate surface area is 161 Å². The number of ether oxygens (including phenoxy) is 2. The van der Waals surface area contributed by atoms with E-state index in [-0.39, 0.29) is 37.4 Å². The van der Waals surface area contributed by atoms with Gasteiger partial charge in [-0.05, 0) is 62.7 Å². The van der Waals surface area contributed by atoms with Crippen molar-refractivity contribution in [3.05, 3.63) is 33.9 Å². The van der Waals surface area contributed by atoms with E-state index in [1.165, 1.54) is 7.11 Å². The highest BCUT2D eigenvalue weighted by atomic mass is 16.6. The lowest BCUT2D eigenvalue weighted by atomic mass is 9.90. The molecule has 7 nitrogen and oxygen atoms in total. The van der Waals surface area contributed by atoms with Crippen LogP contribution in [0.3, 0.4) is 0 Å². The van der Waals surface area contributed by atoms with Crippen LogP contribution >= 0.6 is 0 Å². The van der Waals surface area contributed by atoms with Crippen molar-refractivity contribution in [2.45, 2.75) is 39.7 Å². The predicted molar refractivity (Wildman–Crippen MR) is 104 cm³/mol. The molecular weight excluding hydrogens is 348 g/mol. The minimum atomic E-state index is -0.301. The smallest absolute Gasteiger partial charge is 0.310 e. The van der Waals surface area contributed by atoms with Crippen LogP contribution in [0, 0.1) is 20.8 Å². The number of hydrogen-bond donors (Lipinski definition) is 1. The van der Waals surface area contributed by atoms with Crippen molar-refractivity contribution in [3.63, 3.8) is 0 Å². The summed E-state index contributed by atoms with van der Waals surface area (Å²) in [6, 6.07) is 1.95. The molecule has 0 aliphatic carbocycles. The molecule has 0 saturated heterocycles. The summed E-state index contributed by atoms with van der Waals surface area (Å²) in [6.45, 7) is 6.51. The number of carbonyl (C=O) groups excluding carboxylic acids is 2. The number of rotatable bonds is 10. The first-order valence-corrected chi connectivity index (χ1v) is 8.97. The highest BCUT2D eigenvalue weighted by Crippen LogP contribution is 2.24. The molecule has 0 aromatic heterocycles. The number of esters is 2. The Morgan fingerprint density at radius 1 is 1.04 bits per heavy atom. The molecule has 1 aromatic carbocycles. The van der Waals surface area contributed by atoms with Crippen molar-refractivity contribution in [3.8, 4) is 0 Å². The van der Waals surface area contributed by atoms with Gasteiger partial charge in [-0.2, -0.15) is 0 Å². The molecule has 0 unspecified atom stereocenters. The second-order valence-corrected chi connectivity index (χ2v) is 6.84. The fourth-order valence-electron chi connectivity index (χ4n) is 2.94. The molecule has 1 rings (SSSR count). The van der Waals surface area contributed by atoms with Gasteiger partial charge in [-0.15, -0.1) is 0 Å². The van der Waals surface area contributed by atoms with Crippen LogP contribution in [0.5, 0.6) is 0 Å². The average Bonchev–Trinajstić information content (AvgIpc) is 2.61. The lowest BCUT2D eigenvalue weighted by Gasteiger charge is -2.23. The standard InChI is InChI=1S/C20H32N2O5/c1-13-8-14(2)18(15(3)17(13)9-19(23)25-7)10-20(24)26-11-16(22(5)6)12-27-21-4/h8,16,21H,9-12H2,1-7H3/t16-/m1/s1. The Morgan fingerprint density at radius 2 is 1.59 bits per heavy atom. The molecule has 0 spiro atoms. The van der Waals surface area contributed by atoms with E-state index < -0.39 is 0 Å². The molecule has 1 aromatic rings. The van der Waals surface area contributed by atoms with Crippen molar-refractivity contribution < 1.29 is 23.9 Å². The van der Waals surface area contributed by atoms with Gasteiger partial charge in [0.1, 0.15) is 6.61 Å². The number of hydrogen-bond acceptors (Lipinski definition) is 7. The largest absolute Gasteiger partial charge is 0.469 e. The maximum atomic E-state index is 12.4. The summed E-state index contributed by atoms with van der Waals surface area (Å²) in [4.78, 5) is 31.2. The summed E-state index contributed by atoms with van der Waals surface area (Å²) >= 11 is 0. The maximum absolute atomic E-state index is 12.4. The molecule has 1 N–H and O–H groups in total. The third-order valence-corrected chi connectivity index (χ3v) is 4.75. The number of carbonyl (C=O) groups is 2. The third-order valence-electron chi connectivity index (χ3n) is 4.75. The number of benzene rings is 1. The monoisotopic (exact) mass is 380 g/mol. The molecule has 0 bridgehead atoms. The van der Waals surface area contributed by atoms with Gasteiger partial charge in [-0.25, -0.2) is 5.48 Å². The normalized spacial score (nSPS) is 12.1. The zero-order chi connectivity index (χ0) is 20.6. The number of aryl methyl sites for hydroxylation is 2. The van der Waals surface area contributed by atoms with E-state index in [2.05, 4.69) is 5.48 Å². The van der Waals surface area contributed by atoms with E-state index in [0.717, 1.165) is 27.8 Å². The van der Waals surface area contributed by atoms with E-state index in [4.69, 9.17) is 14.3 Å². The van der Waals surface area contributed by atoms with Crippen LogP contribution in [0.25, 0.3) is 0 Å². The second-order valence-electron chi connectivity index (χ2n) is 6.84. The highest BCUT2D eigenvalue weighted by molar-refractivity contribution is 5.76. The van der Waals surface area contributed by atoms with Crippen LogP contribution in [0.4, 0.5) is 0 Å². The van der Waals surface area contributed by atoms with Crippen molar-refractivity contribution >= 4 is 11.9 Å². The van der Waals surface area contributed by atoms with Crippen molar-refractivity contribution in [1.82, 2.24) is 10.4 Å². The number of nitrogens with one attached hydrogen (secondary N) is 1. The fourth-order valence-corrected chi connectivity index (χ4v) is 2.94. The molecule has 27 heavy (non-hydrogen) atoms. The molecular formula is C20H32N2O5. The van der Waals surface area contributed by atoms with Gasteiger partial charge >= 0.3 is 11.9 Å². The van der Waals surface area contributed by atoms with E-state index in [1.807, 2.05) is 45.8 Å². The van der Waals surface area contributed by atoms with Gasteiger partial charge in [-0.3, -0.25) is 9.59 Å². The van der Waals surface area contributed by atoms with Crippen molar-refractivity contribution in [2.24, 2.45) is 0 Å². The van der Waals surface area contributed by atoms with Crippen LogP contribution in [-0.2, 0) is 36.7 Å². The maximum Gasteiger partial charge on any atom is 0.310 e. The third kappa shape index (κ3) is 6.93. The molecule has 0 saturated carbocycles. The molecule has 0 amide bonds. The molecule has 1 atom stereocenters. The molecule has 0 fully saturated rings. The van der Waals surface area contributed by atoms with Gasteiger partial charge in [0, 0.05) is 7.05 Å². The molecule has 152 valence electrons. The second kappa shape index (κ2) is 11.0. The Balaban J connectivity index is 2.86. The number of hydroxylamine groups is 1. The first-order chi connectivity index (χ1) is 12.7. The molecule has 0 aliphatic rings. The number of methoxy groups -OCH3 is 1. The lowest BCUT2D eigenvalue weighted by molar-refractivity contribution is -0.145. The summed E-state index contributed by atoms with van der Waals surface area (Å²) < 4.78 is 10.3. The first-order valence-electron chi connectivity index (χ1n) is 8.97. The number of likely N-dealkylation sites (N-methyl/N-ethyl adjacent to an activating group) is 1. The van der Waals surface area contributed by atoms with Gasteiger partial charge in [0.15, 0.2) is 0 Å². The minimum Gasteiger partial charge on any atom is -0.469 e. The van der Waals surface area contributed by atoms with Crippen molar-refractivity contribution in [2.75, 3.05) is 41.5 Å². The zero-order valence-electron chi connectivity index (χ0n) is 17.5. The summed E-state index contributed by atoms with van der Waals surface area (Å²) in [5.41, 5.74) is 7.40. The SMILES string of the molecule is CNOC[C@@H](COC(=O)Cc1c(C)cc(C)c(CC(=O)OC)c1C)N(C)C. The quantitative estimate of drug-likeness (QED) is 0.487. The van der Waals surface area contributed by atoms with Gasteiger partial charge < -0.3 is 19.2 Å². The lowest BCUT2D eigenvalue weighted by Crippen LogP contribution is -2.38. The number of nitrogens with zero attached hydrogens (tertiary/aromatic N) is 1. The van der Waals surface area contributed by atoms with Crippen LogP contribution in [0.15, 0.2) is 6.07 Å². The Bertz CT molecular complexity index is 658. The first kappa shape index (κ1) is 23.1. The van der Waals surface area contributed by atoms with E-state index in [1.54, 1.807) is 7.05 Å². The summed E-state index contributed by atoms with van der Waals surface area (Å²) in [5, 5.41) is 0. The predicted octanol–water partition coefficient (Wildman–Crippen LogP) is 1.49. The summed E-state index contributed by atoms with van der Waals surface area (Å²) in [7, 11) is 6.88. The van der Waals surface area contributed by atoms with Gasteiger partial charge in [0.25, 0.3) is 0 Å². The molecule has 0 radical (unpaired) electrons. The van der Waals surface area contributed by atoms with Crippen LogP contribution < -0.4 is 5.48 Å². The molecule has 7 heteroatoms. The van der Waals surface area contributed by atoms with Crippen LogP contribution in [0.1, 0.15) is 27.8 Å². The molecule has 0 aliphatic heterocycles. The Morgan fingerprint density at radius 3 is 2.07 bits per heavy atom. The Kier molecular flexibility index (Phi) is 9.41. The van der Waals surface area contributed by atoms with E-state index >= 15 is 0 Å². The average molecular weight is 380 g/mol. The highest BCUT2D eigenvalue weighted by Gasteiger charge is 2.19. The Hall–Kier alpha value is -1.96. The summed E-state index contributed by atoms with van der Waals surface area (Å²) in [6.07, 6.45) is 0.361. The molecule has 0 heterocycles. The van der Waals surface area contributed by atoms with Crippen LogP contribution in [0.2, 0.25) is 0 Å². The fraction of sp³-hybridized carbons (Fsp3) is 0.600. The minimum absolute atomic E-state index is 0.0449. The topological polar surface area (TPSA) is 77.1 Å². The van der Waals surface area contributed by atoms with Gasteiger partial charge in [-0.1, -0.05) is 6.07 Å². The van der Waals surface area contributed by atoms with E-state index in [9.17, 15) is 9.59 Å². The van der Waals surface area contributed by atoms with Crippen molar-refractivity contribution in [1.29, 1.82) is 0 Å². The zero-order valence-corrected chi connectivity index (χ0v) is 17.5. The van der Waals surface area contributed by atoms with Gasteiger partial charge in [0.05, 0.1) is 32.6 Å². The summed E-state index contributed by atoms with van der Waals surface area (Å²) in [5.74, 6) is -0.595.